The van der Waals surface area contributed by atoms with Gasteiger partial charge in [-0.05, 0) is 219 Å². The van der Waals surface area contributed by atoms with Gasteiger partial charge in [-0.2, -0.15) is 0 Å². The lowest BCUT2D eigenvalue weighted by Gasteiger charge is -2.63. The van der Waals surface area contributed by atoms with Crippen molar-refractivity contribution in [1.29, 1.82) is 0 Å². The fraction of sp³-hybridized carbons (Fsp3) is 0.860. The van der Waals surface area contributed by atoms with E-state index in [1.807, 2.05) is 16.7 Å². The van der Waals surface area contributed by atoms with Crippen LogP contribution in [0.15, 0.2) is 12.1 Å². The van der Waals surface area contributed by atoms with Gasteiger partial charge >= 0.3 is 0 Å². The van der Waals surface area contributed by atoms with E-state index in [-0.39, 0.29) is 11.0 Å². The third kappa shape index (κ3) is 4.02. The molecule has 1 unspecified atom stereocenters. The second-order valence-electron chi connectivity index (χ2n) is 21.3. The summed E-state index contributed by atoms with van der Waals surface area (Å²) in [5.41, 5.74) is 7.05. The molecular formula is C43H60O2. The fourth-order valence-electron chi connectivity index (χ4n) is 16.4. The molecule has 0 N–H and O–H groups in total. The smallest absolute Gasteiger partial charge is 0.130 e. The monoisotopic (exact) mass is 608 g/mol. The minimum absolute atomic E-state index is 0.109. The highest BCUT2D eigenvalue weighted by molar-refractivity contribution is 5.55. The molecule has 1 aliphatic heterocycles. The lowest BCUT2D eigenvalue weighted by atomic mass is 9.41. The first kappa shape index (κ1) is 27.9. The van der Waals surface area contributed by atoms with Gasteiger partial charge in [0.05, 0.1) is 6.61 Å². The fourth-order valence-corrected chi connectivity index (χ4v) is 16.4. The molecule has 1 aromatic carbocycles. The van der Waals surface area contributed by atoms with Crippen molar-refractivity contribution in [3.8, 4) is 5.75 Å². The lowest BCUT2D eigenvalue weighted by Crippen LogP contribution is -2.55. The summed E-state index contributed by atoms with van der Waals surface area (Å²) in [6.45, 7) is 8.61. The molecule has 1 heterocycles. The summed E-state index contributed by atoms with van der Waals surface area (Å²) in [7, 11) is 0. The van der Waals surface area contributed by atoms with E-state index >= 15 is 0 Å². The molecule has 1 aromatic rings. The molecule has 0 radical (unpaired) electrons. The Kier molecular flexibility index (Phi) is 5.55. The molecule has 12 saturated carbocycles. The zero-order chi connectivity index (χ0) is 30.0. The molecule has 1 atom stereocenters. The van der Waals surface area contributed by atoms with Gasteiger partial charge in [-0.1, -0.05) is 20.8 Å². The number of rotatable bonds is 6. The van der Waals surface area contributed by atoms with E-state index in [0.29, 0.717) is 22.9 Å². The summed E-state index contributed by atoms with van der Waals surface area (Å²) < 4.78 is 13.3. The Morgan fingerprint density at radius 3 is 1.16 bits per heavy atom. The van der Waals surface area contributed by atoms with E-state index < -0.39 is 0 Å². The zero-order valence-corrected chi connectivity index (χ0v) is 28.8. The predicted octanol–water partition coefficient (Wildman–Crippen LogP) is 10.3. The van der Waals surface area contributed by atoms with Crippen LogP contribution in [-0.2, 0) is 21.0 Å². The number of benzene rings is 1. The first-order valence-corrected chi connectivity index (χ1v) is 20.1. The minimum atomic E-state index is -0.118. The van der Waals surface area contributed by atoms with Crippen molar-refractivity contribution in [1.82, 2.24) is 0 Å². The van der Waals surface area contributed by atoms with Gasteiger partial charge in [0, 0.05) is 0 Å². The maximum atomic E-state index is 7.12. The molecule has 0 amide bonds. The lowest BCUT2D eigenvalue weighted by molar-refractivity contribution is -0.0246. The molecule has 2 heteroatoms. The van der Waals surface area contributed by atoms with Gasteiger partial charge in [-0.15, -0.1) is 0 Å². The third-order valence-electron chi connectivity index (χ3n) is 17.2. The highest BCUT2D eigenvalue weighted by Gasteiger charge is 2.61. The molecule has 14 rings (SSSR count). The van der Waals surface area contributed by atoms with E-state index in [4.69, 9.17) is 9.47 Å². The Balaban J connectivity index is 1.12. The molecule has 13 fully saturated rings. The van der Waals surface area contributed by atoms with Gasteiger partial charge < -0.3 is 9.47 Å². The number of ether oxygens (including phenoxy) is 2. The van der Waals surface area contributed by atoms with Gasteiger partial charge in [-0.3, -0.25) is 0 Å². The van der Waals surface area contributed by atoms with E-state index in [1.54, 1.807) is 19.3 Å². The third-order valence-corrected chi connectivity index (χ3v) is 17.2. The molecule has 12 aliphatic carbocycles. The van der Waals surface area contributed by atoms with Crippen LogP contribution in [0.4, 0.5) is 0 Å². The van der Waals surface area contributed by atoms with E-state index in [0.717, 1.165) is 59.9 Å². The van der Waals surface area contributed by atoms with Gasteiger partial charge in [0.1, 0.15) is 18.0 Å². The summed E-state index contributed by atoms with van der Waals surface area (Å²) >= 11 is 0. The normalized spacial score (nSPS) is 53.0. The van der Waals surface area contributed by atoms with Crippen LogP contribution in [-0.4, -0.2) is 18.8 Å². The highest BCUT2D eigenvalue weighted by Crippen LogP contribution is 2.69. The van der Waals surface area contributed by atoms with E-state index in [9.17, 15) is 0 Å². The number of hydrogen-bond acceptors (Lipinski definition) is 2. The summed E-state index contributed by atoms with van der Waals surface area (Å²) in [6.07, 6.45) is 27.3. The van der Waals surface area contributed by atoms with Crippen molar-refractivity contribution in [2.24, 2.45) is 58.7 Å². The quantitative estimate of drug-likeness (QED) is 0.300. The van der Waals surface area contributed by atoms with Crippen LogP contribution >= 0.6 is 0 Å². The largest absolute Gasteiger partial charge is 0.490 e. The summed E-state index contributed by atoms with van der Waals surface area (Å²) in [5, 5.41) is 0. The van der Waals surface area contributed by atoms with Crippen LogP contribution in [0.1, 0.15) is 153 Å². The van der Waals surface area contributed by atoms with Crippen molar-refractivity contribution in [3.63, 3.8) is 0 Å². The Bertz CT molecular complexity index is 1230. The van der Waals surface area contributed by atoms with E-state index in [1.165, 1.54) is 102 Å². The molecule has 0 spiro atoms. The van der Waals surface area contributed by atoms with Crippen LogP contribution in [0, 0.1) is 58.7 Å². The second-order valence-corrected chi connectivity index (χ2v) is 21.3. The van der Waals surface area contributed by atoms with E-state index in [2.05, 4.69) is 32.9 Å². The Labute approximate surface area is 273 Å². The van der Waals surface area contributed by atoms with Gasteiger partial charge in [-0.25, -0.2) is 0 Å². The van der Waals surface area contributed by atoms with Crippen LogP contribution in [0.2, 0.25) is 0 Å². The number of epoxide rings is 1. The SMILES string of the molecule is CC(C)(C)C1(COc2cc(C34CC5CC(CC(C5)C3)C4)c(C34CC5CC(CC(C5)C3)C4)c(C34CC5CC(CC(C5)C3)C4)c2)CO1. The van der Waals surface area contributed by atoms with Crippen molar-refractivity contribution in [2.75, 3.05) is 13.2 Å². The molecule has 2 nitrogen and oxygen atoms in total. The molecular weight excluding hydrogens is 548 g/mol. The van der Waals surface area contributed by atoms with Crippen LogP contribution in [0.3, 0.4) is 0 Å². The maximum absolute atomic E-state index is 7.12. The minimum Gasteiger partial charge on any atom is -0.490 e. The molecule has 45 heavy (non-hydrogen) atoms. The summed E-state index contributed by atoms with van der Waals surface area (Å²) in [6, 6.07) is 5.48. The Hall–Kier alpha value is -1.02. The molecule has 13 aliphatic rings. The van der Waals surface area contributed by atoms with Gasteiger partial charge in [0.15, 0.2) is 0 Å². The van der Waals surface area contributed by atoms with Crippen LogP contribution < -0.4 is 4.74 Å². The summed E-state index contributed by atoms with van der Waals surface area (Å²) in [4.78, 5) is 0. The first-order valence-electron chi connectivity index (χ1n) is 20.1. The predicted molar refractivity (Wildman–Crippen MR) is 180 cm³/mol. The highest BCUT2D eigenvalue weighted by atomic mass is 16.6. The number of hydrogen-bond donors (Lipinski definition) is 0. The van der Waals surface area contributed by atoms with Gasteiger partial charge in [0.25, 0.3) is 0 Å². The second kappa shape index (κ2) is 8.95. The van der Waals surface area contributed by atoms with Crippen LogP contribution in [0.25, 0.3) is 0 Å². The average Bonchev–Trinajstić information content (AvgIpc) is 3.75. The molecule has 244 valence electrons. The van der Waals surface area contributed by atoms with Crippen LogP contribution in [0.5, 0.6) is 5.75 Å². The molecule has 0 aromatic heterocycles. The zero-order valence-electron chi connectivity index (χ0n) is 28.8. The van der Waals surface area contributed by atoms with Gasteiger partial charge in [0.2, 0.25) is 0 Å². The Morgan fingerprint density at radius 2 is 0.867 bits per heavy atom. The summed E-state index contributed by atoms with van der Waals surface area (Å²) in [5.74, 6) is 10.1. The van der Waals surface area contributed by atoms with Crippen molar-refractivity contribution < 1.29 is 9.47 Å². The Morgan fingerprint density at radius 1 is 0.556 bits per heavy atom. The topological polar surface area (TPSA) is 21.8 Å². The molecule has 1 saturated heterocycles. The molecule has 12 bridgehead atoms. The van der Waals surface area contributed by atoms with Crippen molar-refractivity contribution in [2.45, 2.75) is 158 Å². The standard InChI is InChI=1S/C43H60O2/c1-39(2,3)43(25-45-43)24-44-35-13-36(40-15-26-4-27(16-40)6-28(5-26)17-40)38(42-21-32-10-33(22-42)12-34(11-32)23-42)37(14-35)41-18-29-7-30(19-41)9-31(8-29)20-41/h13-14,26-34H,4-12,15-25H2,1-3H3. The van der Waals surface area contributed by atoms with Crippen molar-refractivity contribution >= 4 is 0 Å². The maximum Gasteiger partial charge on any atom is 0.130 e. The average molecular weight is 609 g/mol. The van der Waals surface area contributed by atoms with Crippen molar-refractivity contribution in [3.05, 3.63) is 28.8 Å². The first-order chi connectivity index (χ1) is 21.6.